The van der Waals surface area contributed by atoms with Gasteiger partial charge in [0.25, 0.3) is 0 Å². The van der Waals surface area contributed by atoms with Crippen molar-refractivity contribution in [2.24, 2.45) is 28.6 Å². The first-order valence-corrected chi connectivity index (χ1v) is 13.5. The molecule has 0 saturated heterocycles. The van der Waals surface area contributed by atoms with Crippen LogP contribution in [0.5, 0.6) is 5.75 Å². The van der Waals surface area contributed by atoms with Crippen molar-refractivity contribution < 1.29 is 34.8 Å². The van der Waals surface area contributed by atoms with E-state index in [0.29, 0.717) is 25.7 Å². The number of fused-ring (bicyclic) bond motifs is 5. The summed E-state index contributed by atoms with van der Waals surface area (Å²) in [7, 11) is 1.63. The molecule has 8 atom stereocenters. The number of aliphatic carboxylic acids is 2. The molecule has 1 aromatic carbocycles. The Hall–Kier alpha value is -2.38. The average molecular weight is 511 g/mol. The zero-order valence-electron chi connectivity index (χ0n) is 22.0. The summed E-state index contributed by atoms with van der Waals surface area (Å²) < 4.78 is 5.37. The van der Waals surface area contributed by atoms with Gasteiger partial charge >= 0.3 is 0 Å². The van der Waals surface area contributed by atoms with Crippen molar-refractivity contribution in [1.82, 2.24) is 0 Å². The summed E-state index contributed by atoms with van der Waals surface area (Å²) in [6.45, 7) is 4.32. The SMILES string of the molecule is COc1ccc(C2C=C3CC(O)(CC(=O)[O-])CCC3(C)C3CCC4(C)C(CCC4(O)CC(=O)[O-])C23)cc1. The number of hydrogen-bond acceptors (Lipinski definition) is 7. The second kappa shape index (κ2) is 8.84. The van der Waals surface area contributed by atoms with Crippen LogP contribution in [0.1, 0.15) is 83.1 Å². The normalized spacial score (nSPS) is 42.7. The summed E-state index contributed by atoms with van der Waals surface area (Å²) in [5, 5.41) is 45.9. The molecule has 2 N–H and O–H groups in total. The van der Waals surface area contributed by atoms with E-state index >= 15 is 0 Å². The van der Waals surface area contributed by atoms with Crippen LogP contribution in [0.4, 0.5) is 0 Å². The van der Waals surface area contributed by atoms with Gasteiger partial charge in [-0.3, -0.25) is 0 Å². The van der Waals surface area contributed by atoms with Gasteiger partial charge in [0.15, 0.2) is 0 Å². The van der Waals surface area contributed by atoms with E-state index in [4.69, 9.17) is 4.74 Å². The molecule has 0 amide bonds. The Labute approximate surface area is 218 Å². The van der Waals surface area contributed by atoms with E-state index in [2.05, 4.69) is 32.1 Å². The third kappa shape index (κ3) is 4.09. The lowest BCUT2D eigenvalue weighted by Gasteiger charge is -2.61. The molecular formula is C30H38O7-2. The van der Waals surface area contributed by atoms with Crippen LogP contribution in [0, 0.1) is 28.6 Å². The van der Waals surface area contributed by atoms with Crippen LogP contribution < -0.4 is 14.9 Å². The van der Waals surface area contributed by atoms with Crippen LogP contribution in [-0.2, 0) is 9.59 Å². The van der Waals surface area contributed by atoms with Gasteiger partial charge in [-0.2, -0.15) is 0 Å². The van der Waals surface area contributed by atoms with Gasteiger partial charge in [-0.05, 0) is 91.2 Å². The first kappa shape index (κ1) is 26.2. The minimum Gasteiger partial charge on any atom is -0.550 e. The molecular weight excluding hydrogens is 472 g/mol. The van der Waals surface area contributed by atoms with Crippen LogP contribution >= 0.6 is 0 Å². The van der Waals surface area contributed by atoms with Gasteiger partial charge in [0.2, 0.25) is 0 Å². The number of aliphatic hydroxyl groups is 2. The molecule has 0 bridgehead atoms. The van der Waals surface area contributed by atoms with Gasteiger partial charge < -0.3 is 34.8 Å². The lowest BCUT2D eigenvalue weighted by atomic mass is 9.43. The van der Waals surface area contributed by atoms with Crippen LogP contribution in [0.2, 0.25) is 0 Å². The second-order valence-electron chi connectivity index (χ2n) is 12.7. The number of allylic oxidation sites excluding steroid dienone is 1. The molecule has 0 heterocycles. The summed E-state index contributed by atoms with van der Waals surface area (Å²) in [5.74, 6) is -1.11. The van der Waals surface area contributed by atoms with Gasteiger partial charge in [0, 0.05) is 30.7 Å². The molecule has 7 nitrogen and oxygen atoms in total. The fourth-order valence-electron chi connectivity index (χ4n) is 8.94. The van der Waals surface area contributed by atoms with E-state index in [9.17, 15) is 30.0 Å². The van der Waals surface area contributed by atoms with Gasteiger partial charge in [-0.1, -0.05) is 37.6 Å². The van der Waals surface area contributed by atoms with Crippen molar-refractivity contribution in [3.63, 3.8) is 0 Å². The minimum atomic E-state index is -1.31. The van der Waals surface area contributed by atoms with E-state index in [1.807, 2.05) is 12.1 Å². The highest BCUT2D eigenvalue weighted by atomic mass is 16.5. The van der Waals surface area contributed by atoms with Gasteiger partial charge in [0.05, 0.1) is 18.3 Å². The Morgan fingerprint density at radius 3 is 2.22 bits per heavy atom. The van der Waals surface area contributed by atoms with Crippen molar-refractivity contribution in [3.8, 4) is 5.75 Å². The molecule has 5 rings (SSSR count). The topological polar surface area (TPSA) is 130 Å². The number of carbonyl (C=O) groups excluding carboxylic acids is 2. The quantitative estimate of drug-likeness (QED) is 0.561. The number of carboxylic acid groups (broad SMARTS) is 2. The smallest absolute Gasteiger partial charge is 0.118 e. The molecule has 0 aliphatic heterocycles. The number of rotatable bonds is 6. The van der Waals surface area contributed by atoms with Crippen LogP contribution in [-0.4, -0.2) is 40.5 Å². The van der Waals surface area contributed by atoms with Gasteiger partial charge in [-0.15, -0.1) is 0 Å². The Kier molecular flexibility index (Phi) is 6.27. The van der Waals surface area contributed by atoms with Gasteiger partial charge in [-0.25, -0.2) is 0 Å². The first-order chi connectivity index (χ1) is 17.3. The molecule has 4 aliphatic rings. The molecule has 37 heavy (non-hydrogen) atoms. The number of benzene rings is 1. The Bertz CT molecular complexity index is 1110. The molecule has 8 unspecified atom stereocenters. The second-order valence-corrected chi connectivity index (χ2v) is 12.7. The van der Waals surface area contributed by atoms with Crippen LogP contribution in [0.15, 0.2) is 35.9 Å². The maximum Gasteiger partial charge on any atom is 0.118 e. The summed E-state index contributed by atoms with van der Waals surface area (Å²) in [6, 6.07) is 8.00. The highest BCUT2D eigenvalue weighted by Crippen LogP contribution is 2.70. The fraction of sp³-hybridized carbons (Fsp3) is 0.667. The van der Waals surface area contributed by atoms with Crippen molar-refractivity contribution in [2.75, 3.05) is 7.11 Å². The van der Waals surface area contributed by atoms with Gasteiger partial charge in [0.1, 0.15) is 5.75 Å². The summed E-state index contributed by atoms with van der Waals surface area (Å²) >= 11 is 0. The highest BCUT2D eigenvalue weighted by molar-refractivity contribution is 5.66. The highest BCUT2D eigenvalue weighted by Gasteiger charge is 2.65. The van der Waals surface area contributed by atoms with E-state index < -0.39 is 28.6 Å². The molecule has 0 radical (unpaired) electrons. The zero-order valence-corrected chi connectivity index (χ0v) is 22.0. The van der Waals surface area contributed by atoms with E-state index in [1.54, 1.807) is 7.11 Å². The molecule has 0 aromatic heterocycles. The average Bonchev–Trinajstić information content (AvgIpc) is 3.08. The standard InChI is InChI=1S/C30H40O7/c1-27-12-13-29(35,16-24(31)32)15-19(27)14-21(18-4-6-20(37-3)7-5-18)26-22(27)8-10-28(2)23(26)9-11-30(28,36)17-25(33)34/h4-7,14,21-23,26,35-36H,8-13,15-17H2,1-3H3,(H,31,32)(H,33,34)/p-2. The first-order valence-electron chi connectivity index (χ1n) is 13.5. The van der Waals surface area contributed by atoms with E-state index in [0.717, 1.165) is 36.1 Å². The third-order valence-electron chi connectivity index (χ3n) is 11.0. The lowest BCUT2D eigenvalue weighted by molar-refractivity contribution is -0.312. The Morgan fingerprint density at radius 1 is 0.946 bits per heavy atom. The number of carboxylic acids is 2. The molecule has 7 heteroatoms. The maximum atomic E-state index is 11.6. The van der Waals surface area contributed by atoms with E-state index in [1.165, 1.54) is 0 Å². The largest absolute Gasteiger partial charge is 0.550 e. The van der Waals surface area contributed by atoms with Crippen LogP contribution in [0.3, 0.4) is 0 Å². The third-order valence-corrected chi connectivity index (χ3v) is 11.0. The number of hydrogen-bond donors (Lipinski definition) is 2. The zero-order chi connectivity index (χ0) is 26.8. The van der Waals surface area contributed by atoms with Crippen molar-refractivity contribution in [3.05, 3.63) is 41.5 Å². The molecule has 4 aliphatic carbocycles. The van der Waals surface area contributed by atoms with Crippen molar-refractivity contribution in [2.45, 2.75) is 88.8 Å². The molecule has 202 valence electrons. The molecule has 3 fully saturated rings. The van der Waals surface area contributed by atoms with E-state index in [-0.39, 0.29) is 41.9 Å². The Balaban J connectivity index is 1.60. The predicted octanol–water partition coefficient (Wildman–Crippen LogP) is 2.09. The molecule has 1 aromatic rings. The number of methoxy groups -OCH3 is 1. The van der Waals surface area contributed by atoms with Crippen molar-refractivity contribution >= 4 is 11.9 Å². The molecule has 3 saturated carbocycles. The monoisotopic (exact) mass is 510 g/mol. The maximum absolute atomic E-state index is 11.6. The van der Waals surface area contributed by atoms with Crippen LogP contribution in [0.25, 0.3) is 0 Å². The lowest BCUT2D eigenvalue weighted by Crippen LogP contribution is -2.58. The fourth-order valence-corrected chi connectivity index (χ4v) is 8.94. The number of ether oxygens (including phenoxy) is 1. The summed E-state index contributed by atoms with van der Waals surface area (Å²) in [6.07, 6.45) is 5.69. The van der Waals surface area contributed by atoms with Crippen molar-refractivity contribution in [1.29, 1.82) is 0 Å². The predicted molar refractivity (Wildman–Crippen MR) is 132 cm³/mol. The molecule has 0 spiro atoms. The summed E-state index contributed by atoms with van der Waals surface area (Å²) in [5.41, 5.74) is -1.12. The minimum absolute atomic E-state index is 0.000729. The summed E-state index contributed by atoms with van der Waals surface area (Å²) in [4.78, 5) is 23.0. The Morgan fingerprint density at radius 2 is 1.59 bits per heavy atom. The number of carbonyl (C=O) groups is 2.